The Labute approximate surface area is 96.3 Å². The number of hydrogen-bond donors (Lipinski definition) is 3. The van der Waals surface area contributed by atoms with E-state index in [9.17, 15) is 4.79 Å². The highest BCUT2D eigenvalue weighted by Gasteiger charge is 2.27. The molecule has 3 atom stereocenters. The number of nitrogens with one attached hydrogen (secondary N) is 3. The van der Waals surface area contributed by atoms with Crippen molar-refractivity contribution in [3.63, 3.8) is 0 Å². The van der Waals surface area contributed by atoms with Gasteiger partial charge in [0.05, 0.1) is 18.2 Å². The van der Waals surface area contributed by atoms with Gasteiger partial charge in [-0.15, -0.1) is 0 Å². The SMILES string of the molecule is CC(NC(=O)C1CNCCN1)C1CCCO1. The van der Waals surface area contributed by atoms with Crippen LogP contribution in [0.4, 0.5) is 0 Å². The van der Waals surface area contributed by atoms with Gasteiger partial charge in [0, 0.05) is 26.2 Å². The fraction of sp³-hybridized carbons (Fsp3) is 0.909. The van der Waals surface area contributed by atoms with Gasteiger partial charge in [-0.05, 0) is 19.8 Å². The van der Waals surface area contributed by atoms with Gasteiger partial charge in [-0.3, -0.25) is 4.79 Å². The minimum atomic E-state index is -0.0994. The molecule has 2 saturated heterocycles. The summed E-state index contributed by atoms with van der Waals surface area (Å²) in [7, 11) is 0. The Morgan fingerprint density at radius 1 is 1.50 bits per heavy atom. The molecule has 5 heteroatoms. The molecule has 2 aliphatic heterocycles. The predicted octanol–water partition coefficient (Wildman–Crippen LogP) is -0.768. The van der Waals surface area contributed by atoms with Crippen molar-refractivity contribution in [2.45, 2.75) is 38.0 Å². The van der Waals surface area contributed by atoms with Crippen molar-refractivity contribution in [2.24, 2.45) is 0 Å². The molecule has 2 rings (SSSR count). The summed E-state index contributed by atoms with van der Waals surface area (Å²) in [5, 5.41) is 9.43. The monoisotopic (exact) mass is 227 g/mol. The molecule has 2 aliphatic rings. The molecule has 0 aromatic carbocycles. The number of hydrogen-bond acceptors (Lipinski definition) is 4. The van der Waals surface area contributed by atoms with E-state index >= 15 is 0 Å². The van der Waals surface area contributed by atoms with Crippen molar-refractivity contribution >= 4 is 5.91 Å². The van der Waals surface area contributed by atoms with E-state index in [1.165, 1.54) is 0 Å². The van der Waals surface area contributed by atoms with Crippen molar-refractivity contribution in [1.29, 1.82) is 0 Å². The zero-order chi connectivity index (χ0) is 11.4. The summed E-state index contributed by atoms with van der Waals surface area (Å²) >= 11 is 0. The van der Waals surface area contributed by atoms with E-state index < -0.39 is 0 Å². The first-order valence-corrected chi connectivity index (χ1v) is 6.13. The minimum absolute atomic E-state index is 0.0789. The Kier molecular flexibility index (Phi) is 4.15. The summed E-state index contributed by atoms with van der Waals surface area (Å²) in [4.78, 5) is 11.9. The fourth-order valence-electron chi connectivity index (χ4n) is 2.25. The number of amides is 1. The smallest absolute Gasteiger partial charge is 0.238 e. The van der Waals surface area contributed by atoms with Gasteiger partial charge in [0.25, 0.3) is 0 Å². The molecule has 2 heterocycles. The van der Waals surface area contributed by atoms with E-state index in [0.717, 1.165) is 32.5 Å². The summed E-state index contributed by atoms with van der Waals surface area (Å²) in [5.41, 5.74) is 0. The first kappa shape index (κ1) is 11.8. The van der Waals surface area contributed by atoms with Gasteiger partial charge in [0.15, 0.2) is 0 Å². The highest BCUT2D eigenvalue weighted by atomic mass is 16.5. The van der Waals surface area contributed by atoms with Crippen LogP contribution in [0.5, 0.6) is 0 Å². The van der Waals surface area contributed by atoms with E-state index in [0.29, 0.717) is 6.54 Å². The van der Waals surface area contributed by atoms with Crippen LogP contribution >= 0.6 is 0 Å². The summed E-state index contributed by atoms with van der Waals surface area (Å²) in [5.74, 6) is 0.0789. The summed E-state index contributed by atoms with van der Waals surface area (Å²) in [6.07, 6.45) is 2.35. The van der Waals surface area contributed by atoms with Crippen molar-refractivity contribution in [3.05, 3.63) is 0 Å². The lowest BCUT2D eigenvalue weighted by Crippen LogP contribution is -2.57. The molecule has 2 fully saturated rings. The average molecular weight is 227 g/mol. The molecule has 5 nitrogen and oxygen atoms in total. The number of piperazine rings is 1. The maximum absolute atomic E-state index is 11.9. The summed E-state index contributed by atoms with van der Waals surface area (Å²) in [6.45, 7) is 5.35. The third kappa shape index (κ3) is 2.93. The van der Waals surface area contributed by atoms with Crippen LogP contribution < -0.4 is 16.0 Å². The lowest BCUT2D eigenvalue weighted by atomic mass is 10.1. The minimum Gasteiger partial charge on any atom is -0.376 e. The molecule has 92 valence electrons. The molecule has 1 amide bonds. The Hall–Kier alpha value is -0.650. The lowest BCUT2D eigenvalue weighted by Gasteiger charge is -2.27. The second-order valence-corrected chi connectivity index (χ2v) is 4.56. The average Bonchev–Trinajstić information content (AvgIpc) is 2.83. The van der Waals surface area contributed by atoms with Gasteiger partial charge < -0.3 is 20.7 Å². The van der Waals surface area contributed by atoms with Crippen LogP contribution in [-0.2, 0) is 9.53 Å². The van der Waals surface area contributed by atoms with E-state index in [1.807, 2.05) is 6.92 Å². The van der Waals surface area contributed by atoms with Gasteiger partial charge in [0.1, 0.15) is 0 Å². The topological polar surface area (TPSA) is 62.4 Å². The van der Waals surface area contributed by atoms with Crippen LogP contribution in [0.2, 0.25) is 0 Å². The van der Waals surface area contributed by atoms with Crippen molar-refractivity contribution in [3.8, 4) is 0 Å². The Morgan fingerprint density at radius 3 is 3.00 bits per heavy atom. The molecule has 3 N–H and O–H groups in total. The Bertz CT molecular complexity index is 235. The van der Waals surface area contributed by atoms with Gasteiger partial charge >= 0.3 is 0 Å². The quantitative estimate of drug-likeness (QED) is 0.592. The van der Waals surface area contributed by atoms with E-state index in [2.05, 4.69) is 16.0 Å². The zero-order valence-electron chi connectivity index (χ0n) is 9.79. The van der Waals surface area contributed by atoms with Crippen molar-refractivity contribution in [2.75, 3.05) is 26.2 Å². The van der Waals surface area contributed by atoms with E-state index in [1.54, 1.807) is 0 Å². The Morgan fingerprint density at radius 2 is 2.38 bits per heavy atom. The predicted molar refractivity (Wildman–Crippen MR) is 61.2 cm³/mol. The fourth-order valence-corrected chi connectivity index (χ4v) is 2.25. The number of rotatable bonds is 3. The van der Waals surface area contributed by atoms with Gasteiger partial charge in [-0.2, -0.15) is 0 Å². The van der Waals surface area contributed by atoms with Crippen molar-refractivity contribution < 1.29 is 9.53 Å². The van der Waals surface area contributed by atoms with Gasteiger partial charge in [-0.25, -0.2) is 0 Å². The third-order valence-electron chi connectivity index (χ3n) is 3.25. The molecule has 0 bridgehead atoms. The lowest BCUT2D eigenvalue weighted by molar-refractivity contribution is -0.124. The number of ether oxygens (including phenoxy) is 1. The molecule has 0 radical (unpaired) electrons. The van der Waals surface area contributed by atoms with Crippen LogP contribution in [0.25, 0.3) is 0 Å². The molecule has 0 spiro atoms. The third-order valence-corrected chi connectivity index (χ3v) is 3.25. The molecule has 0 aliphatic carbocycles. The number of carbonyl (C=O) groups is 1. The first-order valence-electron chi connectivity index (χ1n) is 6.13. The number of carbonyl (C=O) groups excluding carboxylic acids is 1. The largest absolute Gasteiger partial charge is 0.376 e. The maximum Gasteiger partial charge on any atom is 0.238 e. The van der Waals surface area contributed by atoms with Crippen LogP contribution in [0.1, 0.15) is 19.8 Å². The molecular formula is C11H21N3O2. The second kappa shape index (κ2) is 5.61. The van der Waals surface area contributed by atoms with Crippen LogP contribution in [0.15, 0.2) is 0 Å². The van der Waals surface area contributed by atoms with Crippen LogP contribution in [0, 0.1) is 0 Å². The summed E-state index contributed by atoms with van der Waals surface area (Å²) in [6, 6.07) is 0.0105. The molecular weight excluding hydrogens is 206 g/mol. The van der Waals surface area contributed by atoms with Crippen molar-refractivity contribution in [1.82, 2.24) is 16.0 Å². The van der Waals surface area contributed by atoms with Gasteiger partial charge in [-0.1, -0.05) is 0 Å². The molecule has 0 saturated carbocycles. The molecule has 3 unspecified atom stereocenters. The molecule has 16 heavy (non-hydrogen) atoms. The van der Waals surface area contributed by atoms with Crippen LogP contribution in [-0.4, -0.2) is 50.3 Å². The molecule has 0 aromatic rings. The normalized spacial score (nSPS) is 32.3. The van der Waals surface area contributed by atoms with E-state index in [-0.39, 0.29) is 24.1 Å². The standard InChI is InChI=1S/C11H21N3O2/c1-8(10-3-2-6-16-10)14-11(15)9-7-12-4-5-13-9/h8-10,12-13H,2-7H2,1H3,(H,14,15). The van der Waals surface area contributed by atoms with Crippen LogP contribution in [0.3, 0.4) is 0 Å². The highest BCUT2D eigenvalue weighted by Crippen LogP contribution is 2.15. The van der Waals surface area contributed by atoms with Gasteiger partial charge in [0.2, 0.25) is 5.91 Å². The Balaban J connectivity index is 1.76. The maximum atomic E-state index is 11.9. The summed E-state index contributed by atoms with van der Waals surface area (Å²) < 4.78 is 5.55. The highest BCUT2D eigenvalue weighted by molar-refractivity contribution is 5.82. The first-order chi connectivity index (χ1) is 7.77. The zero-order valence-corrected chi connectivity index (χ0v) is 9.79. The molecule has 0 aromatic heterocycles. The second-order valence-electron chi connectivity index (χ2n) is 4.56. The van der Waals surface area contributed by atoms with E-state index in [4.69, 9.17) is 4.74 Å².